The molecule has 7 N–H and O–H groups in total. The predicted molar refractivity (Wildman–Crippen MR) is 172 cm³/mol. The number of ether oxygens (including phenoxy) is 2. The molecule has 6 unspecified atom stereocenters. The third-order valence-electron chi connectivity index (χ3n) is 7.68. The first kappa shape index (κ1) is 43.3. The summed E-state index contributed by atoms with van der Waals surface area (Å²) in [5.41, 5.74) is 15.1. The highest BCUT2D eigenvalue weighted by molar-refractivity contribution is 7.95. The lowest BCUT2D eigenvalue weighted by Gasteiger charge is -2.39. The van der Waals surface area contributed by atoms with Gasteiger partial charge in [-0.3, -0.25) is 4.79 Å². The number of unbranched alkanes of at least 4 members (excludes halogenated alkanes) is 10. The lowest BCUT2D eigenvalue weighted by Crippen LogP contribution is -2.59. The number of aliphatic hydroxyl groups excluding tert-OH is 1. The van der Waals surface area contributed by atoms with Crippen LogP contribution < -0.4 is 17.2 Å². The van der Waals surface area contributed by atoms with Gasteiger partial charge in [0, 0.05) is 19.1 Å². The van der Waals surface area contributed by atoms with E-state index < -0.39 is 60.0 Å². The fourth-order valence-electron chi connectivity index (χ4n) is 4.82. The van der Waals surface area contributed by atoms with Crippen LogP contribution in [0.2, 0.25) is 0 Å². The summed E-state index contributed by atoms with van der Waals surface area (Å²) >= 11 is 0. The first-order valence-corrected chi connectivity index (χ1v) is 19.4. The molecule has 0 rings (SSSR count). The minimum Gasteiger partial charge on any atom is -0.459 e. The van der Waals surface area contributed by atoms with Crippen molar-refractivity contribution >= 4 is 25.6 Å². The molecule has 0 saturated heterocycles. The maximum Gasteiger partial charge on any atom is 0.326 e. The van der Waals surface area contributed by atoms with Gasteiger partial charge >= 0.3 is 5.97 Å². The van der Waals surface area contributed by atoms with Crippen LogP contribution in [0.15, 0.2) is 0 Å². The summed E-state index contributed by atoms with van der Waals surface area (Å²) in [7, 11) is -6.52. The van der Waals surface area contributed by atoms with E-state index in [1.165, 1.54) is 45.6 Å². The molecule has 42 heavy (non-hydrogen) atoms. The summed E-state index contributed by atoms with van der Waals surface area (Å²) in [4.78, 5) is 13.3. The van der Waals surface area contributed by atoms with Crippen molar-refractivity contribution in [1.82, 2.24) is 0 Å². The maximum atomic E-state index is 13.3. The normalized spacial score (nSPS) is 17.2. The van der Waals surface area contributed by atoms with Gasteiger partial charge in [-0.25, -0.2) is 16.8 Å². The second kappa shape index (κ2) is 22.6. The minimum atomic E-state index is -4.13. The maximum absolute atomic E-state index is 13.3. The van der Waals surface area contributed by atoms with Crippen molar-refractivity contribution in [1.29, 1.82) is 0 Å². The molecule has 6 atom stereocenters. The first-order valence-electron chi connectivity index (χ1n) is 15.5. The van der Waals surface area contributed by atoms with E-state index in [0.717, 1.165) is 38.2 Å². The van der Waals surface area contributed by atoms with Gasteiger partial charge in [-0.2, -0.15) is 0 Å². The average molecular weight is 646 g/mol. The van der Waals surface area contributed by atoms with Crippen LogP contribution in [-0.4, -0.2) is 95.0 Å². The van der Waals surface area contributed by atoms with E-state index in [1.807, 2.05) is 0 Å². The van der Waals surface area contributed by atoms with Crippen LogP contribution in [0.25, 0.3) is 0 Å². The number of nitrogens with two attached hydrogens (primary N) is 3. The number of hydrogen-bond acceptors (Lipinski definition) is 11. The van der Waals surface area contributed by atoms with Crippen LogP contribution in [0, 0.1) is 0 Å². The van der Waals surface area contributed by atoms with Gasteiger partial charge in [-0.1, -0.05) is 84.5 Å². The van der Waals surface area contributed by atoms with E-state index in [1.54, 1.807) is 20.8 Å². The zero-order valence-electron chi connectivity index (χ0n) is 27.3. The molecule has 0 amide bonds. The second-order valence-corrected chi connectivity index (χ2v) is 15.9. The molecule has 0 aromatic rings. The van der Waals surface area contributed by atoms with E-state index in [-0.39, 0.29) is 26.0 Å². The summed E-state index contributed by atoms with van der Waals surface area (Å²) in [5.74, 6) is -1.13. The molecule has 0 spiro atoms. The zero-order chi connectivity index (χ0) is 33.0. The Labute approximate surface area is 256 Å². The van der Waals surface area contributed by atoms with Crippen LogP contribution in [-0.2, 0) is 33.9 Å². The molecule has 0 fully saturated rings. The third-order valence-corrected chi connectivity index (χ3v) is 10.9. The molecular formula is C29H63N3O8S2. The Morgan fingerprint density at radius 3 is 1.69 bits per heavy atom. The molecule has 0 aliphatic heterocycles. The molecule has 0 radical (unpaired) electrons. The predicted octanol–water partition coefficient (Wildman–Crippen LogP) is 2.85. The standard InChI is InChI=1S/C28H58N2O8S2.CH5N/c1-7-9-10-11-12-13-14-15-16-17-18-19-24(39(5,33)34)26(40(6,35)36)27(32)38-25(8-2)28(4,30)22(3)37-21-23(31)20-29;1-2/h22-26,31H,7-21,29-30H2,1-6H3;2H2,1H3. The molecule has 0 aromatic heterocycles. The first-order chi connectivity index (χ1) is 19.5. The lowest BCUT2D eigenvalue weighted by molar-refractivity contribution is -0.156. The summed E-state index contributed by atoms with van der Waals surface area (Å²) in [5, 5.41) is 6.42. The van der Waals surface area contributed by atoms with Gasteiger partial charge in [0.1, 0.15) is 6.10 Å². The smallest absolute Gasteiger partial charge is 0.326 e. The molecular weight excluding hydrogens is 582 g/mol. The van der Waals surface area contributed by atoms with E-state index in [9.17, 15) is 26.7 Å². The van der Waals surface area contributed by atoms with Crippen molar-refractivity contribution in [2.45, 2.75) is 146 Å². The van der Waals surface area contributed by atoms with Crippen molar-refractivity contribution < 1.29 is 36.2 Å². The van der Waals surface area contributed by atoms with Crippen molar-refractivity contribution in [3.05, 3.63) is 0 Å². The molecule has 0 bridgehead atoms. The Morgan fingerprint density at radius 2 is 1.31 bits per heavy atom. The van der Waals surface area contributed by atoms with Gasteiger partial charge in [-0.05, 0) is 33.7 Å². The van der Waals surface area contributed by atoms with Crippen LogP contribution >= 0.6 is 0 Å². The highest BCUT2D eigenvalue weighted by Gasteiger charge is 2.46. The number of hydrogen-bond donors (Lipinski definition) is 4. The van der Waals surface area contributed by atoms with Gasteiger partial charge in [0.25, 0.3) is 0 Å². The number of aliphatic hydroxyl groups is 1. The Hall–Kier alpha value is -0.830. The zero-order valence-corrected chi connectivity index (χ0v) is 29.0. The SMILES string of the molecule is CCCCCCCCCCCCCC(C(C(=O)OC(CC)C(C)(N)C(C)OCC(O)CN)S(C)(=O)=O)S(C)(=O)=O.CN. The molecule has 0 saturated carbocycles. The van der Waals surface area contributed by atoms with Crippen molar-refractivity contribution in [2.75, 3.05) is 32.7 Å². The number of carbonyl (C=O) groups is 1. The van der Waals surface area contributed by atoms with Crippen LogP contribution in [0.3, 0.4) is 0 Å². The number of carbonyl (C=O) groups excluding carboxylic acids is 1. The Bertz CT molecular complexity index is 914. The lowest BCUT2D eigenvalue weighted by atomic mass is 9.88. The van der Waals surface area contributed by atoms with Crippen molar-refractivity contribution in [3.63, 3.8) is 0 Å². The molecule has 254 valence electrons. The van der Waals surface area contributed by atoms with E-state index >= 15 is 0 Å². The van der Waals surface area contributed by atoms with E-state index in [4.69, 9.17) is 20.9 Å². The molecule has 11 nitrogen and oxygen atoms in total. The Morgan fingerprint density at radius 1 is 0.857 bits per heavy atom. The minimum absolute atomic E-state index is 0.00222. The molecule has 13 heteroatoms. The van der Waals surface area contributed by atoms with Crippen LogP contribution in [0.5, 0.6) is 0 Å². The van der Waals surface area contributed by atoms with Crippen LogP contribution in [0.1, 0.15) is 111 Å². The summed E-state index contributed by atoms with van der Waals surface area (Å²) in [6.07, 6.45) is 11.4. The average Bonchev–Trinajstić information content (AvgIpc) is 2.91. The van der Waals surface area contributed by atoms with Crippen LogP contribution in [0.4, 0.5) is 0 Å². The monoisotopic (exact) mass is 645 g/mol. The largest absolute Gasteiger partial charge is 0.459 e. The quantitative estimate of drug-likeness (QED) is 0.0888. The highest BCUT2D eigenvalue weighted by Crippen LogP contribution is 2.26. The van der Waals surface area contributed by atoms with Gasteiger partial charge < -0.3 is 31.8 Å². The highest BCUT2D eigenvalue weighted by atomic mass is 32.2. The van der Waals surface area contributed by atoms with Gasteiger partial charge in [0.2, 0.25) is 0 Å². The van der Waals surface area contributed by atoms with E-state index in [2.05, 4.69) is 12.7 Å². The third kappa shape index (κ3) is 17.5. The fourth-order valence-corrected chi connectivity index (χ4v) is 8.28. The summed E-state index contributed by atoms with van der Waals surface area (Å²) in [6, 6.07) is 0. The van der Waals surface area contributed by atoms with Gasteiger partial charge in [-0.15, -0.1) is 0 Å². The second-order valence-electron chi connectivity index (χ2n) is 11.5. The van der Waals surface area contributed by atoms with E-state index in [0.29, 0.717) is 6.42 Å². The molecule has 0 aliphatic carbocycles. The summed E-state index contributed by atoms with van der Waals surface area (Å²) < 4.78 is 62.2. The van der Waals surface area contributed by atoms with Gasteiger partial charge in [0.15, 0.2) is 24.9 Å². The Balaban J connectivity index is 0. The molecule has 0 aliphatic rings. The van der Waals surface area contributed by atoms with Crippen molar-refractivity contribution in [2.24, 2.45) is 17.2 Å². The molecule has 0 aromatic carbocycles. The van der Waals surface area contributed by atoms with Gasteiger partial charge in [0.05, 0.1) is 29.6 Å². The number of rotatable bonds is 24. The fraction of sp³-hybridized carbons (Fsp3) is 0.966. The van der Waals surface area contributed by atoms with Crippen molar-refractivity contribution in [3.8, 4) is 0 Å². The Kier molecular flexibility index (Phi) is 23.3. The topological polar surface area (TPSA) is 202 Å². The molecule has 0 heterocycles. The number of esters is 1. The number of sulfone groups is 2. The summed E-state index contributed by atoms with van der Waals surface area (Å²) in [6.45, 7) is 7.10.